The summed E-state index contributed by atoms with van der Waals surface area (Å²) in [6, 6.07) is 6.39. The first-order valence-electron chi connectivity index (χ1n) is 7.26. The molecule has 0 unspecified atom stereocenters. The van der Waals surface area contributed by atoms with Crippen LogP contribution < -0.4 is 10.2 Å². The minimum absolute atomic E-state index is 0.0313. The Bertz CT molecular complexity index is 905. The largest absolute Gasteiger partial charge is 0.342 e. The number of nitrogens with one attached hydrogen (secondary N) is 1. The van der Waals surface area contributed by atoms with E-state index in [1.54, 1.807) is 24.3 Å². The second-order valence-electron chi connectivity index (χ2n) is 5.14. The molecule has 25 heavy (non-hydrogen) atoms. The number of nitrogens with zero attached hydrogens (tertiary/aromatic N) is 4. The predicted molar refractivity (Wildman–Crippen MR) is 88.6 cm³/mol. The number of benzene rings is 1. The van der Waals surface area contributed by atoms with Gasteiger partial charge in [-0.1, -0.05) is 0 Å². The van der Waals surface area contributed by atoms with E-state index in [1.807, 2.05) is 0 Å². The lowest BCUT2D eigenvalue weighted by Crippen LogP contribution is -2.16. The maximum Gasteiger partial charge on any atom is 0.257 e. The molecule has 8 heteroatoms. The Morgan fingerprint density at radius 2 is 1.88 bits per heavy atom. The first-order chi connectivity index (χ1) is 12.0. The number of hydrogen-bond acceptors (Lipinski definition) is 5. The molecule has 0 fully saturated rings. The molecule has 6 nitrogen and oxygen atoms in total. The quantitative estimate of drug-likeness (QED) is 0.789. The van der Waals surface area contributed by atoms with Gasteiger partial charge in [0.1, 0.15) is 12.1 Å². The van der Waals surface area contributed by atoms with Crippen LogP contribution in [0.1, 0.15) is 10.4 Å². The molecule has 3 rings (SSSR count). The molecule has 0 radical (unpaired) electrons. The topological polar surface area (TPSA) is 71.0 Å². The van der Waals surface area contributed by atoms with Crippen LogP contribution in [0.25, 0.3) is 0 Å². The van der Waals surface area contributed by atoms with Crippen molar-refractivity contribution in [2.24, 2.45) is 0 Å². The summed E-state index contributed by atoms with van der Waals surface area (Å²) in [7, 11) is 1.69. The molecule has 1 N–H and O–H groups in total. The van der Waals surface area contributed by atoms with Crippen LogP contribution in [0.5, 0.6) is 0 Å². The number of aromatic nitrogens is 3. The fraction of sp³-hybridized carbons (Fsp3) is 0.0588. The average molecular weight is 341 g/mol. The number of amides is 1. The summed E-state index contributed by atoms with van der Waals surface area (Å²) < 4.78 is 27.6. The number of anilines is 3. The van der Waals surface area contributed by atoms with Crippen molar-refractivity contribution in [2.45, 2.75) is 0 Å². The van der Waals surface area contributed by atoms with Crippen LogP contribution in [0.4, 0.5) is 26.0 Å². The van der Waals surface area contributed by atoms with Crippen LogP contribution in [0.15, 0.2) is 55.2 Å². The molecule has 0 aliphatic carbocycles. The van der Waals surface area contributed by atoms with Gasteiger partial charge in [-0.3, -0.25) is 4.79 Å². The summed E-state index contributed by atoms with van der Waals surface area (Å²) in [6.07, 6.45) is 5.84. The lowest BCUT2D eigenvalue weighted by Gasteiger charge is -2.19. The average Bonchev–Trinajstić information content (AvgIpc) is 2.63. The van der Waals surface area contributed by atoms with Crippen molar-refractivity contribution in [3.05, 3.63) is 72.4 Å². The van der Waals surface area contributed by atoms with Crippen molar-refractivity contribution in [1.29, 1.82) is 0 Å². The normalized spacial score (nSPS) is 10.4. The van der Waals surface area contributed by atoms with Crippen molar-refractivity contribution < 1.29 is 13.6 Å². The molecule has 1 aromatic carbocycles. The van der Waals surface area contributed by atoms with E-state index in [0.29, 0.717) is 11.4 Å². The van der Waals surface area contributed by atoms with Crippen LogP contribution in [-0.4, -0.2) is 27.9 Å². The Hall–Kier alpha value is -3.42. The van der Waals surface area contributed by atoms with E-state index < -0.39 is 17.5 Å². The first kappa shape index (κ1) is 16.4. The number of rotatable bonds is 4. The Kier molecular flexibility index (Phi) is 4.60. The Morgan fingerprint density at radius 3 is 2.60 bits per heavy atom. The SMILES string of the molecule is CN(c1cncnc1)c1cc(F)cc(C(=O)Nc2ncccc2F)c1. The van der Waals surface area contributed by atoms with Crippen LogP contribution in [-0.2, 0) is 0 Å². The zero-order valence-corrected chi connectivity index (χ0v) is 13.1. The highest BCUT2D eigenvalue weighted by molar-refractivity contribution is 6.04. The van der Waals surface area contributed by atoms with Crippen LogP contribution in [0.2, 0.25) is 0 Å². The highest BCUT2D eigenvalue weighted by atomic mass is 19.1. The predicted octanol–water partition coefficient (Wildman–Crippen LogP) is 3.17. The zero-order valence-electron chi connectivity index (χ0n) is 13.1. The van der Waals surface area contributed by atoms with Gasteiger partial charge in [-0.25, -0.2) is 23.7 Å². The first-order valence-corrected chi connectivity index (χ1v) is 7.26. The van der Waals surface area contributed by atoms with Crippen LogP contribution in [0.3, 0.4) is 0 Å². The van der Waals surface area contributed by atoms with Gasteiger partial charge >= 0.3 is 0 Å². The molecule has 0 aliphatic heterocycles. The smallest absolute Gasteiger partial charge is 0.257 e. The Morgan fingerprint density at radius 1 is 1.12 bits per heavy atom. The molecule has 2 heterocycles. The molecule has 3 aromatic rings. The highest BCUT2D eigenvalue weighted by Gasteiger charge is 2.14. The molecule has 126 valence electrons. The number of carbonyl (C=O) groups excluding carboxylic acids is 1. The molecule has 2 aromatic heterocycles. The van der Waals surface area contributed by atoms with Gasteiger partial charge in [0.15, 0.2) is 11.6 Å². The highest BCUT2D eigenvalue weighted by Crippen LogP contribution is 2.24. The number of halogens is 2. The molecular weight excluding hydrogens is 328 g/mol. The number of hydrogen-bond donors (Lipinski definition) is 1. The van der Waals surface area contributed by atoms with Crippen LogP contribution in [0, 0.1) is 11.6 Å². The van der Waals surface area contributed by atoms with Crippen molar-refractivity contribution in [3.8, 4) is 0 Å². The summed E-state index contributed by atoms with van der Waals surface area (Å²) >= 11 is 0. The van der Waals surface area contributed by atoms with Gasteiger partial charge in [-0.05, 0) is 30.3 Å². The summed E-state index contributed by atoms with van der Waals surface area (Å²) in [5, 5.41) is 2.32. The molecule has 0 saturated heterocycles. The van der Waals surface area contributed by atoms with E-state index >= 15 is 0 Å². The molecular formula is C17H13F2N5O. The van der Waals surface area contributed by atoms with Crippen molar-refractivity contribution in [1.82, 2.24) is 15.0 Å². The second kappa shape index (κ2) is 7.00. The summed E-state index contributed by atoms with van der Waals surface area (Å²) in [6.45, 7) is 0. The second-order valence-corrected chi connectivity index (χ2v) is 5.14. The van der Waals surface area contributed by atoms with E-state index in [2.05, 4.69) is 20.3 Å². The van der Waals surface area contributed by atoms with Gasteiger partial charge in [0.25, 0.3) is 5.91 Å². The van der Waals surface area contributed by atoms with E-state index in [4.69, 9.17) is 0 Å². The van der Waals surface area contributed by atoms with E-state index in [-0.39, 0.29) is 11.4 Å². The molecule has 0 spiro atoms. The molecule has 0 bridgehead atoms. The third-order valence-electron chi connectivity index (χ3n) is 3.46. The van der Waals surface area contributed by atoms with Crippen molar-refractivity contribution in [2.75, 3.05) is 17.3 Å². The van der Waals surface area contributed by atoms with Gasteiger partial charge in [0.05, 0.1) is 18.1 Å². The van der Waals surface area contributed by atoms with Gasteiger partial charge in [0, 0.05) is 24.5 Å². The molecule has 0 atom stereocenters. The third kappa shape index (κ3) is 3.74. The van der Waals surface area contributed by atoms with E-state index in [1.165, 1.54) is 36.8 Å². The standard InChI is InChI=1S/C17H13F2N5O/c1-24(14-8-20-10-21-9-14)13-6-11(5-12(18)7-13)17(25)23-16-15(19)3-2-4-22-16/h2-10H,1H3,(H,22,23,25). The zero-order chi connectivity index (χ0) is 17.8. The monoisotopic (exact) mass is 341 g/mol. The maximum atomic E-state index is 14.0. The van der Waals surface area contributed by atoms with Crippen molar-refractivity contribution >= 4 is 23.1 Å². The lowest BCUT2D eigenvalue weighted by atomic mass is 10.1. The van der Waals surface area contributed by atoms with Crippen molar-refractivity contribution in [3.63, 3.8) is 0 Å². The fourth-order valence-corrected chi connectivity index (χ4v) is 2.17. The Labute approximate surface area is 142 Å². The van der Waals surface area contributed by atoms with Gasteiger partial charge in [0.2, 0.25) is 0 Å². The maximum absolute atomic E-state index is 14.0. The molecule has 0 aliphatic rings. The van der Waals surface area contributed by atoms with Crippen LogP contribution >= 0.6 is 0 Å². The minimum atomic E-state index is -0.675. The van der Waals surface area contributed by atoms with E-state index in [9.17, 15) is 13.6 Å². The fourth-order valence-electron chi connectivity index (χ4n) is 2.17. The number of carbonyl (C=O) groups is 1. The van der Waals surface area contributed by atoms with Gasteiger partial charge < -0.3 is 10.2 Å². The summed E-state index contributed by atoms with van der Waals surface area (Å²) in [5.41, 5.74) is 1.07. The Balaban J connectivity index is 1.89. The van der Waals surface area contributed by atoms with E-state index in [0.717, 1.165) is 6.07 Å². The van der Waals surface area contributed by atoms with Gasteiger partial charge in [-0.2, -0.15) is 0 Å². The minimum Gasteiger partial charge on any atom is -0.342 e. The lowest BCUT2D eigenvalue weighted by molar-refractivity contribution is 0.102. The van der Waals surface area contributed by atoms with Gasteiger partial charge in [-0.15, -0.1) is 0 Å². The molecule has 0 saturated carbocycles. The number of pyridine rings is 1. The molecule has 1 amide bonds. The summed E-state index contributed by atoms with van der Waals surface area (Å²) in [4.78, 5) is 25.5. The third-order valence-corrected chi connectivity index (χ3v) is 3.46. The summed E-state index contributed by atoms with van der Waals surface area (Å²) in [5.74, 6) is -2.17.